The minimum atomic E-state index is -3.03. The molecule has 1 saturated heterocycles. The highest BCUT2D eigenvalue weighted by atomic mass is 32.2. The molecule has 1 aromatic carbocycles. The molecule has 0 aliphatic carbocycles. The van der Waals surface area contributed by atoms with E-state index in [4.69, 9.17) is 4.74 Å². The summed E-state index contributed by atoms with van der Waals surface area (Å²) in [7, 11) is -1.36. The van der Waals surface area contributed by atoms with Crippen LogP contribution in [0.1, 0.15) is 31.7 Å². The Kier molecular flexibility index (Phi) is 5.65. The van der Waals surface area contributed by atoms with Gasteiger partial charge in [-0.15, -0.1) is 0 Å². The van der Waals surface area contributed by atoms with Crippen molar-refractivity contribution in [3.05, 3.63) is 29.8 Å². The molecule has 21 heavy (non-hydrogen) atoms. The van der Waals surface area contributed by atoms with Crippen LogP contribution in [0.3, 0.4) is 0 Å². The first-order valence-corrected chi connectivity index (χ1v) is 9.27. The normalized spacial score (nSPS) is 20.4. The zero-order valence-electron chi connectivity index (χ0n) is 12.9. The summed E-state index contributed by atoms with van der Waals surface area (Å²) in [5, 5.41) is 0. The fourth-order valence-corrected chi connectivity index (χ4v) is 4.11. The van der Waals surface area contributed by atoms with Crippen molar-refractivity contribution in [2.45, 2.75) is 32.6 Å². The minimum absolute atomic E-state index is 0.204. The average molecular weight is 311 g/mol. The van der Waals surface area contributed by atoms with Crippen LogP contribution in [0.4, 0.5) is 0 Å². The van der Waals surface area contributed by atoms with Gasteiger partial charge in [-0.25, -0.2) is 12.7 Å². The lowest BCUT2D eigenvalue weighted by Gasteiger charge is -2.31. The largest absolute Gasteiger partial charge is 0.497 e. The van der Waals surface area contributed by atoms with E-state index >= 15 is 0 Å². The number of ether oxygens (including phenoxy) is 1. The molecule has 5 heteroatoms. The highest BCUT2D eigenvalue weighted by Crippen LogP contribution is 2.24. The SMILES string of the molecule is CCS(=O)(=O)N1CCCC(CCc2cccc(OC)c2)C1. The summed E-state index contributed by atoms with van der Waals surface area (Å²) in [6, 6.07) is 8.11. The van der Waals surface area contributed by atoms with E-state index in [-0.39, 0.29) is 5.75 Å². The van der Waals surface area contributed by atoms with Crippen LogP contribution in [0.5, 0.6) is 5.75 Å². The first-order valence-electron chi connectivity index (χ1n) is 7.66. The summed E-state index contributed by atoms with van der Waals surface area (Å²) in [5.41, 5.74) is 1.25. The maximum absolute atomic E-state index is 12.0. The Morgan fingerprint density at radius 3 is 2.90 bits per heavy atom. The highest BCUT2D eigenvalue weighted by molar-refractivity contribution is 7.89. The van der Waals surface area contributed by atoms with Gasteiger partial charge >= 0.3 is 0 Å². The summed E-state index contributed by atoms with van der Waals surface area (Å²) in [6.45, 7) is 3.08. The number of sulfonamides is 1. The molecule has 1 aliphatic rings. The van der Waals surface area contributed by atoms with Gasteiger partial charge in [0, 0.05) is 13.1 Å². The van der Waals surface area contributed by atoms with Crippen molar-refractivity contribution in [3.8, 4) is 5.75 Å². The van der Waals surface area contributed by atoms with Crippen molar-refractivity contribution in [1.82, 2.24) is 4.31 Å². The molecule has 0 N–H and O–H groups in total. The van der Waals surface area contributed by atoms with Crippen LogP contribution >= 0.6 is 0 Å². The van der Waals surface area contributed by atoms with Crippen LogP contribution in [0.15, 0.2) is 24.3 Å². The Morgan fingerprint density at radius 1 is 1.38 bits per heavy atom. The van der Waals surface area contributed by atoms with Crippen LogP contribution in [-0.2, 0) is 16.4 Å². The Labute approximate surface area is 128 Å². The van der Waals surface area contributed by atoms with E-state index in [0.717, 1.165) is 31.4 Å². The van der Waals surface area contributed by atoms with Gasteiger partial charge in [-0.1, -0.05) is 12.1 Å². The number of methoxy groups -OCH3 is 1. The average Bonchev–Trinajstić information content (AvgIpc) is 2.53. The van der Waals surface area contributed by atoms with E-state index in [0.29, 0.717) is 19.0 Å². The quantitative estimate of drug-likeness (QED) is 0.811. The first-order chi connectivity index (χ1) is 10.0. The number of piperidine rings is 1. The van der Waals surface area contributed by atoms with Gasteiger partial charge < -0.3 is 4.74 Å². The van der Waals surface area contributed by atoms with E-state index in [9.17, 15) is 8.42 Å². The van der Waals surface area contributed by atoms with Crippen molar-refractivity contribution in [1.29, 1.82) is 0 Å². The lowest BCUT2D eigenvalue weighted by Crippen LogP contribution is -2.40. The molecule has 1 atom stereocenters. The second kappa shape index (κ2) is 7.27. The van der Waals surface area contributed by atoms with Crippen molar-refractivity contribution in [2.24, 2.45) is 5.92 Å². The van der Waals surface area contributed by atoms with Gasteiger partial charge in [0.25, 0.3) is 0 Å². The molecule has 0 amide bonds. The third-order valence-corrected chi connectivity index (χ3v) is 6.06. The molecule has 2 rings (SSSR count). The highest BCUT2D eigenvalue weighted by Gasteiger charge is 2.27. The van der Waals surface area contributed by atoms with Gasteiger partial charge in [-0.2, -0.15) is 0 Å². The van der Waals surface area contributed by atoms with Crippen LogP contribution in [0, 0.1) is 5.92 Å². The second-order valence-electron chi connectivity index (χ2n) is 5.66. The van der Waals surface area contributed by atoms with Crippen LogP contribution < -0.4 is 4.74 Å². The van der Waals surface area contributed by atoms with Crippen LogP contribution in [0.25, 0.3) is 0 Å². The maximum atomic E-state index is 12.0. The molecule has 0 aromatic heterocycles. The smallest absolute Gasteiger partial charge is 0.213 e. The summed E-state index contributed by atoms with van der Waals surface area (Å²) >= 11 is 0. The van der Waals surface area contributed by atoms with Gasteiger partial charge in [0.1, 0.15) is 5.75 Å². The zero-order valence-corrected chi connectivity index (χ0v) is 13.7. The van der Waals surface area contributed by atoms with Crippen molar-refractivity contribution < 1.29 is 13.2 Å². The third kappa shape index (κ3) is 4.45. The summed E-state index contributed by atoms with van der Waals surface area (Å²) in [6.07, 6.45) is 4.10. The predicted octanol–water partition coefficient (Wildman–Crippen LogP) is 2.69. The molecule has 0 bridgehead atoms. The number of hydrogen-bond acceptors (Lipinski definition) is 3. The van der Waals surface area contributed by atoms with Gasteiger partial charge in [-0.3, -0.25) is 0 Å². The molecule has 0 saturated carbocycles. The molecule has 1 fully saturated rings. The standard InChI is InChI=1S/C16H25NO3S/c1-3-21(18,19)17-11-5-7-15(13-17)10-9-14-6-4-8-16(12-14)20-2/h4,6,8,12,15H,3,5,7,9-11,13H2,1-2H3. The van der Waals surface area contributed by atoms with E-state index < -0.39 is 10.0 Å². The molecule has 118 valence electrons. The topological polar surface area (TPSA) is 46.6 Å². The van der Waals surface area contributed by atoms with Gasteiger partial charge in [0.15, 0.2) is 0 Å². The molecule has 1 aromatic rings. The summed E-state index contributed by atoms with van der Waals surface area (Å²) in [5.74, 6) is 1.55. The Bertz CT molecular complexity index is 556. The minimum Gasteiger partial charge on any atom is -0.497 e. The van der Waals surface area contributed by atoms with Gasteiger partial charge in [0.2, 0.25) is 10.0 Å². The molecule has 0 spiro atoms. The molecule has 1 heterocycles. The molecular formula is C16H25NO3S. The Morgan fingerprint density at radius 2 is 2.19 bits per heavy atom. The van der Waals surface area contributed by atoms with Crippen LogP contribution in [0.2, 0.25) is 0 Å². The molecule has 4 nitrogen and oxygen atoms in total. The maximum Gasteiger partial charge on any atom is 0.213 e. The van der Waals surface area contributed by atoms with Crippen molar-refractivity contribution >= 4 is 10.0 Å². The summed E-state index contributed by atoms with van der Waals surface area (Å²) < 4.78 is 30.8. The molecule has 0 radical (unpaired) electrons. The molecular weight excluding hydrogens is 286 g/mol. The lowest BCUT2D eigenvalue weighted by molar-refractivity contribution is 0.256. The number of hydrogen-bond donors (Lipinski definition) is 0. The zero-order chi connectivity index (χ0) is 15.3. The lowest BCUT2D eigenvalue weighted by atomic mass is 9.93. The van der Waals surface area contributed by atoms with Crippen LogP contribution in [-0.4, -0.2) is 38.7 Å². The van der Waals surface area contributed by atoms with Crippen molar-refractivity contribution in [2.75, 3.05) is 26.0 Å². The number of aryl methyl sites for hydroxylation is 1. The van der Waals surface area contributed by atoms with E-state index in [1.807, 2.05) is 12.1 Å². The monoisotopic (exact) mass is 311 g/mol. The Hall–Kier alpha value is -1.07. The predicted molar refractivity (Wildman–Crippen MR) is 85.1 cm³/mol. The van der Waals surface area contributed by atoms with E-state index in [2.05, 4.69) is 12.1 Å². The second-order valence-corrected chi connectivity index (χ2v) is 7.91. The fraction of sp³-hybridized carbons (Fsp3) is 0.625. The van der Waals surface area contributed by atoms with E-state index in [1.54, 1.807) is 18.3 Å². The van der Waals surface area contributed by atoms with Crippen molar-refractivity contribution in [3.63, 3.8) is 0 Å². The molecule has 1 unspecified atom stereocenters. The van der Waals surface area contributed by atoms with Gasteiger partial charge in [-0.05, 0) is 56.2 Å². The number of nitrogens with zero attached hydrogens (tertiary/aromatic N) is 1. The molecule has 1 aliphatic heterocycles. The fourth-order valence-electron chi connectivity index (χ4n) is 2.90. The summed E-state index contributed by atoms with van der Waals surface area (Å²) in [4.78, 5) is 0. The Balaban J connectivity index is 1.91. The van der Waals surface area contributed by atoms with Gasteiger partial charge in [0.05, 0.1) is 12.9 Å². The number of rotatable bonds is 6. The number of benzene rings is 1. The first kappa shape index (κ1) is 16.3. The van der Waals surface area contributed by atoms with E-state index in [1.165, 1.54) is 5.56 Å². The third-order valence-electron chi connectivity index (χ3n) is 4.22.